The first kappa shape index (κ1) is 35.3. The minimum Gasteiger partial charge on any atom is -0.391 e. The number of carbonyl (C=O) groups excluding carboxylic acids is 2. The lowest BCUT2D eigenvalue weighted by molar-refractivity contribution is 0.0688. The second kappa shape index (κ2) is 15.7. The van der Waals surface area contributed by atoms with Gasteiger partial charge in [0, 0.05) is 49.9 Å². The molecule has 276 valence electrons. The molecule has 0 radical (unpaired) electrons. The standard InChI is InChI=1S/C42H42N6O6/c49-33-23-35(39-43-37(45-53-39)15-7-13-27-9-3-1-4-10-27)47(25-33)41(51)31-19-17-30-22-32(20-18-29(30)21-31)42(52)48-26-34(50)24-36(48)40-44-38(46-54-40)16-8-14-28-11-5-2-6-12-28/h1-6,9-12,17-22,33-36,49-50H,7-8,13-16,23-26H2/t33-,34-,35+,36+/m1/s1. The summed E-state index contributed by atoms with van der Waals surface area (Å²) < 4.78 is 11.2. The summed E-state index contributed by atoms with van der Waals surface area (Å²) in [6.45, 7) is 0.303. The molecule has 12 nitrogen and oxygen atoms in total. The predicted molar refractivity (Wildman–Crippen MR) is 198 cm³/mol. The van der Waals surface area contributed by atoms with Crippen molar-refractivity contribution in [2.24, 2.45) is 0 Å². The number of carbonyl (C=O) groups is 2. The lowest BCUT2D eigenvalue weighted by Gasteiger charge is -2.22. The van der Waals surface area contributed by atoms with Crippen LogP contribution in [0.4, 0.5) is 0 Å². The van der Waals surface area contributed by atoms with E-state index in [-0.39, 0.29) is 24.9 Å². The molecule has 0 bridgehead atoms. The number of aliphatic hydroxyl groups excluding tert-OH is 2. The van der Waals surface area contributed by atoms with Gasteiger partial charge in [-0.2, -0.15) is 9.97 Å². The average Bonchev–Trinajstić information content (AvgIpc) is 4.02. The highest BCUT2D eigenvalue weighted by molar-refractivity contribution is 6.02. The van der Waals surface area contributed by atoms with E-state index < -0.39 is 24.3 Å². The van der Waals surface area contributed by atoms with Crippen LogP contribution in [0.5, 0.6) is 0 Å². The van der Waals surface area contributed by atoms with Crippen molar-refractivity contribution in [2.75, 3.05) is 13.1 Å². The Bertz CT molecular complexity index is 2070. The number of likely N-dealkylation sites (tertiary alicyclic amines) is 2. The van der Waals surface area contributed by atoms with Crippen LogP contribution in [0, 0.1) is 0 Å². The van der Waals surface area contributed by atoms with Gasteiger partial charge in [0.25, 0.3) is 11.8 Å². The first-order valence-electron chi connectivity index (χ1n) is 18.6. The maximum Gasteiger partial charge on any atom is 0.254 e. The Kier molecular flexibility index (Phi) is 10.3. The number of nitrogens with zero attached hydrogens (tertiary/aromatic N) is 6. The number of benzene rings is 4. The third kappa shape index (κ3) is 7.80. The molecule has 0 saturated carbocycles. The highest BCUT2D eigenvalue weighted by atomic mass is 16.5. The zero-order valence-electron chi connectivity index (χ0n) is 29.8. The van der Waals surface area contributed by atoms with Crippen LogP contribution in [0.1, 0.15) is 93.0 Å². The molecule has 4 atom stereocenters. The number of aliphatic hydroxyl groups is 2. The summed E-state index contributed by atoms with van der Waals surface area (Å²) >= 11 is 0. The lowest BCUT2D eigenvalue weighted by atomic mass is 10.0. The topological polar surface area (TPSA) is 159 Å². The van der Waals surface area contributed by atoms with Crippen LogP contribution in [0.3, 0.4) is 0 Å². The second-order valence-electron chi connectivity index (χ2n) is 14.3. The molecule has 2 amide bonds. The van der Waals surface area contributed by atoms with E-state index in [1.54, 1.807) is 34.1 Å². The summed E-state index contributed by atoms with van der Waals surface area (Å²) in [4.78, 5) is 40.1. The Balaban J connectivity index is 0.920. The Morgan fingerprint density at radius 3 is 1.44 bits per heavy atom. The van der Waals surface area contributed by atoms with Crippen molar-refractivity contribution in [3.63, 3.8) is 0 Å². The van der Waals surface area contributed by atoms with Crippen LogP contribution in [0.15, 0.2) is 106 Å². The van der Waals surface area contributed by atoms with Gasteiger partial charge in [-0.15, -0.1) is 0 Å². The lowest BCUT2D eigenvalue weighted by Crippen LogP contribution is -2.32. The number of rotatable bonds is 12. The van der Waals surface area contributed by atoms with E-state index in [1.807, 2.05) is 48.5 Å². The van der Waals surface area contributed by atoms with Crippen molar-refractivity contribution < 1.29 is 28.8 Å². The van der Waals surface area contributed by atoms with Gasteiger partial charge in [-0.3, -0.25) is 9.59 Å². The first-order valence-corrected chi connectivity index (χ1v) is 18.6. The van der Waals surface area contributed by atoms with E-state index in [2.05, 4.69) is 44.5 Å². The van der Waals surface area contributed by atoms with Gasteiger partial charge < -0.3 is 29.1 Å². The molecule has 12 heteroatoms. The van der Waals surface area contributed by atoms with Crippen molar-refractivity contribution in [1.82, 2.24) is 30.1 Å². The zero-order valence-corrected chi connectivity index (χ0v) is 29.8. The zero-order chi connectivity index (χ0) is 37.0. The molecule has 2 N–H and O–H groups in total. The molecule has 2 aliphatic rings. The molecule has 0 spiro atoms. The minimum absolute atomic E-state index is 0.152. The Hall–Kier alpha value is -5.72. The van der Waals surface area contributed by atoms with Gasteiger partial charge in [0.15, 0.2) is 11.6 Å². The molecular formula is C42H42N6O6. The molecule has 54 heavy (non-hydrogen) atoms. The van der Waals surface area contributed by atoms with Crippen molar-refractivity contribution in [2.45, 2.75) is 75.7 Å². The highest BCUT2D eigenvalue weighted by Gasteiger charge is 2.40. The monoisotopic (exact) mass is 726 g/mol. The van der Waals surface area contributed by atoms with Gasteiger partial charge in [0.05, 0.1) is 12.2 Å². The highest BCUT2D eigenvalue weighted by Crippen LogP contribution is 2.35. The predicted octanol–water partition coefficient (Wildman–Crippen LogP) is 5.85. The Morgan fingerprint density at radius 1 is 0.593 bits per heavy atom. The SMILES string of the molecule is O=C(c1ccc2cc(C(=O)N3C[C@H](O)C[C@H]3c3nc(CCCc4ccccc4)no3)ccc2c1)N1C[C@H](O)C[C@H]1c1nc(CCCc2ccccc2)no1. The summed E-state index contributed by atoms with van der Waals surface area (Å²) in [6.07, 6.45) is 3.98. The van der Waals surface area contributed by atoms with Gasteiger partial charge in [0.1, 0.15) is 12.1 Å². The van der Waals surface area contributed by atoms with Gasteiger partial charge in [0.2, 0.25) is 11.8 Å². The van der Waals surface area contributed by atoms with Crippen LogP contribution in [-0.2, 0) is 25.7 Å². The maximum atomic E-state index is 13.9. The number of aromatic nitrogens is 4. The maximum absolute atomic E-state index is 13.9. The van der Waals surface area contributed by atoms with Gasteiger partial charge >= 0.3 is 0 Å². The fraction of sp³-hybridized carbons (Fsp3) is 0.333. The number of fused-ring (bicyclic) bond motifs is 1. The van der Waals surface area contributed by atoms with E-state index >= 15 is 0 Å². The molecule has 2 aliphatic heterocycles. The number of hydrogen-bond acceptors (Lipinski definition) is 10. The normalized spacial score (nSPS) is 19.9. The second-order valence-corrected chi connectivity index (χ2v) is 14.3. The first-order chi connectivity index (χ1) is 26.4. The minimum atomic E-state index is -0.715. The molecule has 2 saturated heterocycles. The van der Waals surface area contributed by atoms with Crippen LogP contribution < -0.4 is 0 Å². The molecule has 6 aromatic rings. The molecule has 0 unspecified atom stereocenters. The molecule has 4 aromatic carbocycles. The number of amides is 2. The molecule has 2 fully saturated rings. The van der Waals surface area contributed by atoms with Crippen molar-refractivity contribution in [1.29, 1.82) is 0 Å². The van der Waals surface area contributed by atoms with Crippen LogP contribution in [-0.4, -0.2) is 77.4 Å². The van der Waals surface area contributed by atoms with Crippen molar-refractivity contribution >= 4 is 22.6 Å². The van der Waals surface area contributed by atoms with Gasteiger partial charge in [-0.25, -0.2) is 0 Å². The molecule has 0 aliphatic carbocycles. The largest absolute Gasteiger partial charge is 0.391 e. The van der Waals surface area contributed by atoms with Crippen LogP contribution in [0.25, 0.3) is 10.8 Å². The molecule has 2 aromatic heterocycles. The van der Waals surface area contributed by atoms with E-state index in [9.17, 15) is 19.8 Å². The molecular weight excluding hydrogens is 684 g/mol. The van der Waals surface area contributed by atoms with Crippen molar-refractivity contribution in [3.8, 4) is 0 Å². The quantitative estimate of drug-likeness (QED) is 0.157. The molecule has 8 rings (SSSR count). The number of hydrogen-bond donors (Lipinski definition) is 2. The summed E-state index contributed by atoms with van der Waals surface area (Å²) in [7, 11) is 0. The summed E-state index contributed by atoms with van der Waals surface area (Å²) in [5.74, 6) is 1.30. The van der Waals surface area contributed by atoms with E-state index in [4.69, 9.17) is 9.05 Å². The third-order valence-electron chi connectivity index (χ3n) is 10.4. The smallest absolute Gasteiger partial charge is 0.254 e. The van der Waals surface area contributed by atoms with Crippen LogP contribution >= 0.6 is 0 Å². The van der Waals surface area contributed by atoms with E-state index in [0.29, 0.717) is 60.2 Å². The third-order valence-corrected chi connectivity index (χ3v) is 10.4. The summed E-state index contributed by atoms with van der Waals surface area (Å²) in [5, 5.41) is 31.0. The van der Waals surface area contributed by atoms with Gasteiger partial charge in [-0.05, 0) is 71.8 Å². The summed E-state index contributed by atoms with van der Waals surface area (Å²) in [6, 6.07) is 30.0. The average molecular weight is 727 g/mol. The fourth-order valence-electron chi connectivity index (χ4n) is 7.59. The van der Waals surface area contributed by atoms with Gasteiger partial charge in [-0.1, -0.05) is 83.1 Å². The van der Waals surface area contributed by atoms with E-state index in [0.717, 1.165) is 36.5 Å². The number of aryl methyl sites for hydroxylation is 4. The Labute approximate surface area is 312 Å². The van der Waals surface area contributed by atoms with Crippen molar-refractivity contribution in [3.05, 3.63) is 143 Å². The Morgan fingerprint density at radius 2 is 1.02 bits per heavy atom. The van der Waals surface area contributed by atoms with Crippen LogP contribution in [0.2, 0.25) is 0 Å². The molecule has 4 heterocycles. The number of β-amino-alcohol motifs (C(OH)–C–C–N with tert-alkyl or cyclic N) is 2. The van der Waals surface area contributed by atoms with E-state index in [1.165, 1.54) is 11.1 Å². The fourth-order valence-corrected chi connectivity index (χ4v) is 7.59. The summed E-state index contributed by atoms with van der Waals surface area (Å²) in [5.41, 5.74) is 3.38.